The molecule has 126 valence electrons. The zero-order chi connectivity index (χ0) is 17.3. The number of aryl methyl sites for hydroxylation is 1. The van der Waals surface area contributed by atoms with Crippen LogP contribution in [0.15, 0.2) is 32.3 Å². The van der Waals surface area contributed by atoms with Crippen LogP contribution in [0, 0.1) is 25.5 Å². The van der Waals surface area contributed by atoms with Gasteiger partial charge in [0.05, 0.1) is 15.9 Å². The van der Waals surface area contributed by atoms with Crippen molar-refractivity contribution in [1.29, 1.82) is 0 Å². The molecule has 0 aliphatic carbocycles. The van der Waals surface area contributed by atoms with Gasteiger partial charge in [-0.1, -0.05) is 23.9 Å². The van der Waals surface area contributed by atoms with Gasteiger partial charge in [-0.05, 0) is 35.8 Å². The first kappa shape index (κ1) is 17.1. The average Bonchev–Trinajstić information content (AvgIpc) is 3.10. The second kappa shape index (κ2) is 7.02. The normalized spacial score (nSPS) is 11.2. The summed E-state index contributed by atoms with van der Waals surface area (Å²) in [7, 11) is 0. The van der Waals surface area contributed by atoms with Gasteiger partial charge in [0.2, 0.25) is 5.89 Å². The first-order chi connectivity index (χ1) is 11.5. The van der Waals surface area contributed by atoms with E-state index >= 15 is 0 Å². The van der Waals surface area contributed by atoms with Crippen LogP contribution in [0.5, 0.6) is 0 Å². The number of aromatic nitrogens is 4. The third-order valence-electron chi connectivity index (χ3n) is 3.41. The Bertz CT molecular complexity index is 880. The fourth-order valence-corrected chi connectivity index (χ4v) is 3.16. The molecule has 0 aliphatic heterocycles. The van der Waals surface area contributed by atoms with Crippen LogP contribution in [0.4, 0.5) is 8.78 Å². The summed E-state index contributed by atoms with van der Waals surface area (Å²) in [6.45, 7) is 4.18. The van der Waals surface area contributed by atoms with Crippen molar-refractivity contribution in [3.05, 3.63) is 57.1 Å². The van der Waals surface area contributed by atoms with Gasteiger partial charge in [-0.2, -0.15) is 5.10 Å². The topological polar surface area (TPSA) is 56.7 Å². The molecule has 0 spiro atoms. The van der Waals surface area contributed by atoms with Crippen LogP contribution in [-0.2, 0) is 12.3 Å². The van der Waals surface area contributed by atoms with Gasteiger partial charge < -0.3 is 4.42 Å². The SMILES string of the molecule is Cc1nn(Cc2nnc(SCc3cccc(F)c3F)o2)c(C)c1Br. The van der Waals surface area contributed by atoms with Crippen LogP contribution in [0.3, 0.4) is 0 Å². The molecule has 0 atom stereocenters. The predicted octanol–water partition coefficient (Wildman–Crippen LogP) is 4.26. The van der Waals surface area contributed by atoms with Crippen molar-refractivity contribution in [2.24, 2.45) is 0 Å². The number of halogens is 3. The fourth-order valence-electron chi connectivity index (χ4n) is 2.12. The third-order valence-corrected chi connectivity index (χ3v) is 5.42. The molecule has 0 fully saturated rings. The van der Waals surface area contributed by atoms with Crippen molar-refractivity contribution >= 4 is 27.7 Å². The molecular formula is C15H13BrF2N4OS. The van der Waals surface area contributed by atoms with Crippen LogP contribution >= 0.6 is 27.7 Å². The maximum atomic E-state index is 13.6. The minimum Gasteiger partial charge on any atom is -0.414 e. The second-order valence-corrected chi connectivity index (χ2v) is 6.83. The summed E-state index contributed by atoms with van der Waals surface area (Å²) in [5.74, 6) is -1.11. The van der Waals surface area contributed by atoms with E-state index in [1.807, 2.05) is 13.8 Å². The highest BCUT2D eigenvalue weighted by molar-refractivity contribution is 9.10. The number of hydrogen-bond acceptors (Lipinski definition) is 5. The van der Waals surface area contributed by atoms with Crippen molar-refractivity contribution < 1.29 is 13.2 Å². The Kier molecular flexibility index (Phi) is 5.00. The Hall–Kier alpha value is -1.74. The largest absolute Gasteiger partial charge is 0.414 e. The monoisotopic (exact) mass is 414 g/mol. The van der Waals surface area contributed by atoms with Crippen molar-refractivity contribution in [1.82, 2.24) is 20.0 Å². The molecule has 1 aromatic carbocycles. The van der Waals surface area contributed by atoms with Crippen molar-refractivity contribution in [3.8, 4) is 0 Å². The maximum Gasteiger partial charge on any atom is 0.276 e. The summed E-state index contributed by atoms with van der Waals surface area (Å²) >= 11 is 4.62. The minimum absolute atomic E-state index is 0.205. The van der Waals surface area contributed by atoms with Gasteiger partial charge >= 0.3 is 0 Å². The first-order valence-corrected chi connectivity index (χ1v) is 8.81. The quantitative estimate of drug-likeness (QED) is 0.583. The maximum absolute atomic E-state index is 13.6. The number of benzene rings is 1. The zero-order valence-electron chi connectivity index (χ0n) is 12.9. The van der Waals surface area contributed by atoms with Crippen LogP contribution in [0.25, 0.3) is 0 Å². The minimum atomic E-state index is -0.866. The smallest absolute Gasteiger partial charge is 0.276 e. The Morgan fingerprint density at radius 2 is 2.04 bits per heavy atom. The van der Waals surface area contributed by atoms with Crippen LogP contribution < -0.4 is 0 Å². The van der Waals surface area contributed by atoms with Crippen LogP contribution in [0.2, 0.25) is 0 Å². The van der Waals surface area contributed by atoms with Crippen molar-refractivity contribution in [2.75, 3.05) is 0 Å². The Morgan fingerprint density at radius 1 is 1.25 bits per heavy atom. The molecule has 0 amide bonds. The molecule has 0 saturated heterocycles. The highest BCUT2D eigenvalue weighted by Crippen LogP contribution is 2.25. The molecule has 0 unspecified atom stereocenters. The lowest BCUT2D eigenvalue weighted by molar-refractivity contribution is 0.395. The van der Waals surface area contributed by atoms with Gasteiger partial charge in [0.15, 0.2) is 11.6 Å². The van der Waals surface area contributed by atoms with E-state index in [1.54, 1.807) is 4.68 Å². The summed E-state index contributed by atoms with van der Waals surface area (Å²) in [4.78, 5) is 0. The van der Waals surface area contributed by atoms with E-state index in [9.17, 15) is 8.78 Å². The van der Waals surface area contributed by atoms with E-state index in [1.165, 1.54) is 12.1 Å². The van der Waals surface area contributed by atoms with E-state index in [0.717, 1.165) is 33.7 Å². The highest BCUT2D eigenvalue weighted by Gasteiger charge is 2.14. The summed E-state index contributed by atoms with van der Waals surface area (Å²) < 4.78 is 35.0. The van der Waals surface area contributed by atoms with Gasteiger partial charge in [-0.3, -0.25) is 4.68 Å². The third kappa shape index (κ3) is 3.51. The van der Waals surface area contributed by atoms with Gasteiger partial charge in [-0.25, -0.2) is 8.78 Å². The van der Waals surface area contributed by atoms with Crippen molar-refractivity contribution in [3.63, 3.8) is 0 Å². The van der Waals surface area contributed by atoms with Crippen molar-refractivity contribution in [2.45, 2.75) is 31.4 Å². The lowest BCUT2D eigenvalue weighted by Gasteiger charge is -2.01. The molecule has 5 nitrogen and oxygen atoms in total. The standard InChI is InChI=1S/C15H13BrF2N4OS/c1-8-13(16)9(2)22(21-8)6-12-19-20-15(23-12)24-7-10-4-3-5-11(17)14(10)18/h3-5H,6-7H2,1-2H3. The molecule has 3 aromatic rings. The second-order valence-electron chi connectivity index (χ2n) is 5.11. The number of hydrogen-bond donors (Lipinski definition) is 0. The van der Waals surface area contributed by atoms with E-state index in [-0.39, 0.29) is 11.3 Å². The molecule has 0 bridgehead atoms. The zero-order valence-corrected chi connectivity index (χ0v) is 15.3. The Labute approximate surface area is 149 Å². The Balaban J connectivity index is 1.67. The van der Waals surface area contributed by atoms with E-state index < -0.39 is 11.6 Å². The van der Waals surface area contributed by atoms with Gasteiger partial charge in [0, 0.05) is 11.3 Å². The molecule has 0 N–H and O–H groups in total. The Morgan fingerprint density at radius 3 is 2.75 bits per heavy atom. The van der Waals surface area contributed by atoms with Gasteiger partial charge in [0.25, 0.3) is 5.22 Å². The van der Waals surface area contributed by atoms with E-state index in [0.29, 0.717) is 17.7 Å². The number of nitrogens with zero attached hydrogens (tertiary/aromatic N) is 4. The summed E-state index contributed by atoms with van der Waals surface area (Å²) in [5.41, 5.74) is 2.09. The molecule has 3 rings (SSSR count). The summed E-state index contributed by atoms with van der Waals surface area (Å²) in [6, 6.07) is 4.07. The molecule has 2 heterocycles. The summed E-state index contributed by atoms with van der Waals surface area (Å²) in [6.07, 6.45) is 0. The van der Waals surface area contributed by atoms with Gasteiger partial charge in [-0.15, -0.1) is 10.2 Å². The predicted molar refractivity (Wildman–Crippen MR) is 88.7 cm³/mol. The average molecular weight is 415 g/mol. The molecule has 0 aliphatic rings. The van der Waals surface area contributed by atoms with Crippen LogP contribution in [0.1, 0.15) is 22.8 Å². The molecule has 0 radical (unpaired) electrons. The van der Waals surface area contributed by atoms with Crippen LogP contribution in [-0.4, -0.2) is 20.0 Å². The first-order valence-electron chi connectivity index (χ1n) is 7.03. The van der Waals surface area contributed by atoms with Gasteiger partial charge in [0.1, 0.15) is 6.54 Å². The molecule has 9 heteroatoms. The lowest BCUT2D eigenvalue weighted by atomic mass is 10.2. The molecule has 2 aromatic heterocycles. The molecule has 24 heavy (non-hydrogen) atoms. The fraction of sp³-hybridized carbons (Fsp3) is 0.267. The molecular weight excluding hydrogens is 402 g/mol. The highest BCUT2D eigenvalue weighted by atomic mass is 79.9. The number of rotatable bonds is 5. The lowest BCUT2D eigenvalue weighted by Crippen LogP contribution is -2.04. The van der Waals surface area contributed by atoms with E-state index in [4.69, 9.17) is 4.42 Å². The number of thioether (sulfide) groups is 1. The molecule has 0 saturated carbocycles. The van der Waals surface area contributed by atoms with E-state index in [2.05, 4.69) is 31.2 Å². The summed E-state index contributed by atoms with van der Waals surface area (Å²) in [5, 5.41) is 12.6.